The zero-order valence-electron chi connectivity index (χ0n) is 12.6. The largest absolute Gasteiger partial charge is 0.362 e. The number of benzene rings is 1. The fourth-order valence-electron chi connectivity index (χ4n) is 1.82. The molecule has 0 atom stereocenters. The molecule has 1 aromatic heterocycles. The van der Waals surface area contributed by atoms with E-state index in [4.69, 9.17) is 35.4 Å². The Morgan fingerprint density at radius 1 is 1.26 bits per heavy atom. The fourth-order valence-corrected chi connectivity index (χ4v) is 3.45. The number of nitrogens with zero attached hydrogens (tertiary/aromatic N) is 1. The van der Waals surface area contributed by atoms with Gasteiger partial charge < -0.3 is 10.6 Å². The van der Waals surface area contributed by atoms with Crippen molar-refractivity contribution in [3.63, 3.8) is 0 Å². The van der Waals surface area contributed by atoms with Gasteiger partial charge in [0.05, 0.1) is 0 Å². The van der Waals surface area contributed by atoms with Crippen molar-refractivity contribution in [2.45, 2.75) is 12.7 Å². The molecule has 0 saturated carbocycles. The minimum atomic E-state index is 0.577. The van der Waals surface area contributed by atoms with Crippen LogP contribution in [0.4, 0.5) is 5.82 Å². The molecule has 0 aliphatic rings. The molecule has 23 heavy (non-hydrogen) atoms. The number of rotatable bonds is 6. The molecule has 0 amide bonds. The maximum absolute atomic E-state index is 6.14. The van der Waals surface area contributed by atoms with E-state index in [0.29, 0.717) is 15.2 Å². The highest BCUT2D eigenvalue weighted by molar-refractivity contribution is 7.98. The van der Waals surface area contributed by atoms with E-state index in [0.717, 1.165) is 35.0 Å². The Morgan fingerprint density at radius 2 is 2.09 bits per heavy atom. The number of thiocarbonyl (C=S) groups is 1. The molecule has 122 valence electrons. The molecule has 1 aromatic carbocycles. The normalized spacial score (nSPS) is 10.4. The molecule has 3 nitrogen and oxygen atoms in total. The van der Waals surface area contributed by atoms with Gasteiger partial charge in [0.2, 0.25) is 0 Å². The number of anilines is 1. The van der Waals surface area contributed by atoms with Gasteiger partial charge in [0.15, 0.2) is 5.11 Å². The summed E-state index contributed by atoms with van der Waals surface area (Å²) >= 11 is 19.1. The quantitative estimate of drug-likeness (QED) is 0.545. The lowest BCUT2D eigenvalue weighted by molar-refractivity contribution is 0.988. The van der Waals surface area contributed by atoms with Crippen LogP contribution in [-0.2, 0) is 5.75 Å². The summed E-state index contributed by atoms with van der Waals surface area (Å²) in [4.78, 5) is 4.21. The first-order valence-electron chi connectivity index (χ1n) is 7.04. The summed E-state index contributed by atoms with van der Waals surface area (Å²) in [6.07, 6.45) is 1.76. The highest BCUT2D eigenvalue weighted by atomic mass is 35.5. The molecular formula is C16H17Cl2N3S2. The Bertz CT molecular complexity index is 680. The molecule has 0 spiro atoms. The number of halogens is 2. The topological polar surface area (TPSA) is 37.0 Å². The fraction of sp³-hybridized carbons (Fsp3) is 0.250. The second-order valence-electron chi connectivity index (χ2n) is 4.89. The van der Waals surface area contributed by atoms with Gasteiger partial charge in [-0.3, -0.25) is 0 Å². The molecule has 0 fully saturated rings. The number of pyridine rings is 1. The van der Waals surface area contributed by atoms with Gasteiger partial charge in [0, 0.05) is 34.3 Å². The molecule has 0 radical (unpaired) electrons. The Balaban J connectivity index is 1.66. The van der Waals surface area contributed by atoms with Crippen LogP contribution in [0.3, 0.4) is 0 Å². The molecule has 0 unspecified atom stereocenters. The standard InChI is InChI=1S/C16H17Cl2N3S2/c1-11-4-5-19-15(8-11)21-16(22)20-6-7-23-10-12-2-3-13(17)9-14(12)18/h2-5,8-9H,6-7,10H2,1H3,(H2,19,20,21,22). The first kappa shape index (κ1) is 18.3. The van der Waals surface area contributed by atoms with E-state index < -0.39 is 0 Å². The molecule has 1 heterocycles. The lowest BCUT2D eigenvalue weighted by Crippen LogP contribution is -2.30. The van der Waals surface area contributed by atoms with E-state index in [-0.39, 0.29) is 0 Å². The van der Waals surface area contributed by atoms with Crippen LogP contribution in [0.2, 0.25) is 10.0 Å². The van der Waals surface area contributed by atoms with Crippen LogP contribution in [0.15, 0.2) is 36.5 Å². The van der Waals surface area contributed by atoms with Gasteiger partial charge >= 0.3 is 0 Å². The highest BCUT2D eigenvalue weighted by Crippen LogP contribution is 2.24. The molecule has 0 aliphatic carbocycles. The summed E-state index contributed by atoms with van der Waals surface area (Å²) in [6.45, 7) is 2.79. The molecule has 7 heteroatoms. The molecular weight excluding hydrogens is 369 g/mol. The van der Waals surface area contributed by atoms with Crippen molar-refractivity contribution in [1.29, 1.82) is 0 Å². The van der Waals surface area contributed by atoms with Crippen molar-refractivity contribution in [2.24, 2.45) is 0 Å². The third-order valence-corrected chi connectivity index (χ3v) is 4.80. The number of aryl methyl sites for hydroxylation is 1. The zero-order valence-corrected chi connectivity index (χ0v) is 15.7. The Labute approximate surface area is 156 Å². The highest BCUT2D eigenvalue weighted by Gasteiger charge is 2.02. The number of hydrogen-bond acceptors (Lipinski definition) is 3. The van der Waals surface area contributed by atoms with Crippen LogP contribution < -0.4 is 10.6 Å². The Morgan fingerprint density at radius 3 is 2.83 bits per heavy atom. The van der Waals surface area contributed by atoms with Gasteiger partial charge in [-0.25, -0.2) is 4.98 Å². The Kier molecular flexibility index (Phi) is 7.43. The SMILES string of the molecule is Cc1ccnc(NC(=S)NCCSCc2ccc(Cl)cc2Cl)c1. The van der Waals surface area contributed by atoms with E-state index in [9.17, 15) is 0 Å². The lowest BCUT2D eigenvalue weighted by Gasteiger charge is -2.10. The predicted octanol–water partition coefficient (Wildman–Crippen LogP) is 4.92. The van der Waals surface area contributed by atoms with Gasteiger partial charge in [-0.2, -0.15) is 11.8 Å². The van der Waals surface area contributed by atoms with Crippen molar-refractivity contribution in [3.8, 4) is 0 Å². The van der Waals surface area contributed by atoms with Crippen molar-refractivity contribution in [1.82, 2.24) is 10.3 Å². The van der Waals surface area contributed by atoms with E-state index in [1.165, 1.54) is 0 Å². The number of aromatic nitrogens is 1. The minimum Gasteiger partial charge on any atom is -0.362 e. The molecule has 0 saturated heterocycles. The monoisotopic (exact) mass is 385 g/mol. The van der Waals surface area contributed by atoms with Gasteiger partial charge in [-0.15, -0.1) is 0 Å². The third-order valence-electron chi connectivity index (χ3n) is 2.96. The van der Waals surface area contributed by atoms with Gasteiger partial charge in [-0.1, -0.05) is 29.3 Å². The average Bonchev–Trinajstić information content (AvgIpc) is 2.49. The van der Waals surface area contributed by atoms with Crippen molar-refractivity contribution in [3.05, 3.63) is 57.7 Å². The van der Waals surface area contributed by atoms with Crippen molar-refractivity contribution < 1.29 is 0 Å². The first-order chi connectivity index (χ1) is 11.0. The first-order valence-corrected chi connectivity index (χ1v) is 9.35. The van der Waals surface area contributed by atoms with E-state index in [1.807, 2.05) is 31.2 Å². The second kappa shape index (κ2) is 9.33. The summed E-state index contributed by atoms with van der Waals surface area (Å²) in [5.41, 5.74) is 2.23. The van der Waals surface area contributed by atoms with E-state index in [2.05, 4.69) is 15.6 Å². The van der Waals surface area contributed by atoms with Gasteiger partial charge in [0.25, 0.3) is 0 Å². The number of thioether (sulfide) groups is 1. The van der Waals surface area contributed by atoms with E-state index >= 15 is 0 Å². The van der Waals surface area contributed by atoms with Crippen molar-refractivity contribution in [2.75, 3.05) is 17.6 Å². The van der Waals surface area contributed by atoms with Gasteiger partial charge in [0.1, 0.15) is 5.82 Å². The minimum absolute atomic E-state index is 0.577. The third kappa shape index (κ3) is 6.55. The molecule has 2 N–H and O–H groups in total. The van der Waals surface area contributed by atoms with Crippen LogP contribution in [0, 0.1) is 6.92 Å². The summed E-state index contributed by atoms with van der Waals surface area (Å²) in [5.74, 6) is 2.52. The molecule has 2 rings (SSSR count). The molecule has 0 bridgehead atoms. The summed E-state index contributed by atoms with van der Waals surface area (Å²) in [5, 5.41) is 8.18. The lowest BCUT2D eigenvalue weighted by atomic mass is 10.2. The summed E-state index contributed by atoms with van der Waals surface area (Å²) in [6, 6.07) is 9.48. The Hall–Kier alpha value is -1.01. The average molecular weight is 386 g/mol. The number of hydrogen-bond donors (Lipinski definition) is 2. The van der Waals surface area contributed by atoms with Gasteiger partial charge in [-0.05, 0) is 54.5 Å². The maximum atomic E-state index is 6.14. The molecule has 2 aromatic rings. The van der Waals surface area contributed by atoms with Crippen LogP contribution in [0.1, 0.15) is 11.1 Å². The van der Waals surface area contributed by atoms with Crippen LogP contribution >= 0.6 is 47.2 Å². The smallest absolute Gasteiger partial charge is 0.171 e. The summed E-state index contributed by atoms with van der Waals surface area (Å²) in [7, 11) is 0. The predicted molar refractivity (Wildman–Crippen MR) is 106 cm³/mol. The van der Waals surface area contributed by atoms with Crippen LogP contribution in [0.25, 0.3) is 0 Å². The molecule has 0 aliphatic heterocycles. The van der Waals surface area contributed by atoms with Crippen LogP contribution in [-0.4, -0.2) is 22.4 Å². The second-order valence-corrected chi connectivity index (χ2v) is 7.24. The van der Waals surface area contributed by atoms with E-state index in [1.54, 1.807) is 24.0 Å². The number of nitrogens with one attached hydrogen (secondary N) is 2. The summed E-state index contributed by atoms with van der Waals surface area (Å²) < 4.78 is 0. The zero-order chi connectivity index (χ0) is 16.7. The van der Waals surface area contributed by atoms with Crippen LogP contribution in [0.5, 0.6) is 0 Å². The van der Waals surface area contributed by atoms with Crippen molar-refractivity contribution >= 4 is 58.1 Å². The maximum Gasteiger partial charge on any atom is 0.171 e.